The first-order valence-electron chi connectivity index (χ1n) is 6.91. The van der Waals surface area contributed by atoms with Gasteiger partial charge in [-0.3, -0.25) is 9.69 Å². The predicted octanol–water partition coefficient (Wildman–Crippen LogP) is 2.57. The Hall–Kier alpha value is -1.85. The molecule has 21 heavy (non-hydrogen) atoms. The van der Waals surface area contributed by atoms with Crippen LogP contribution in [0.25, 0.3) is 5.69 Å². The molecule has 6 heteroatoms. The van der Waals surface area contributed by atoms with Gasteiger partial charge in [0.05, 0.1) is 11.4 Å². The molecule has 5 nitrogen and oxygen atoms in total. The molecule has 2 aromatic rings. The molecule has 0 bridgehead atoms. The quantitative estimate of drug-likeness (QED) is 0.943. The summed E-state index contributed by atoms with van der Waals surface area (Å²) in [5.41, 5.74) is 1.81. The van der Waals surface area contributed by atoms with Gasteiger partial charge in [-0.25, -0.2) is 4.68 Å². The Bertz CT molecular complexity index is 639. The van der Waals surface area contributed by atoms with E-state index in [4.69, 9.17) is 11.6 Å². The molecule has 2 heterocycles. The molecular formula is C15H16ClN3O2. The first-order valence-corrected chi connectivity index (χ1v) is 7.28. The van der Waals surface area contributed by atoms with Gasteiger partial charge in [-0.05, 0) is 49.7 Å². The molecule has 1 fully saturated rings. The van der Waals surface area contributed by atoms with Crippen LogP contribution in [-0.4, -0.2) is 38.3 Å². The van der Waals surface area contributed by atoms with Crippen molar-refractivity contribution < 1.29 is 9.90 Å². The fourth-order valence-corrected chi connectivity index (χ4v) is 2.81. The molecule has 1 N–H and O–H groups in total. The lowest BCUT2D eigenvalue weighted by atomic mass is 10.2. The number of likely N-dealkylation sites (tertiary alicyclic amines) is 1. The molecule has 0 aliphatic carbocycles. The second kappa shape index (κ2) is 5.87. The number of carboxylic acid groups (broad SMARTS) is 1. The summed E-state index contributed by atoms with van der Waals surface area (Å²) in [7, 11) is 0. The average Bonchev–Trinajstić information content (AvgIpc) is 3.09. The van der Waals surface area contributed by atoms with E-state index in [0.29, 0.717) is 18.0 Å². The highest BCUT2D eigenvalue weighted by Gasteiger charge is 2.30. The van der Waals surface area contributed by atoms with Crippen LogP contribution in [0.5, 0.6) is 0 Å². The van der Waals surface area contributed by atoms with Gasteiger partial charge >= 0.3 is 5.97 Å². The van der Waals surface area contributed by atoms with Crippen molar-refractivity contribution in [3.63, 3.8) is 0 Å². The summed E-state index contributed by atoms with van der Waals surface area (Å²) >= 11 is 5.87. The van der Waals surface area contributed by atoms with Crippen LogP contribution in [0.4, 0.5) is 0 Å². The fourth-order valence-electron chi connectivity index (χ4n) is 2.69. The third kappa shape index (κ3) is 3.09. The number of aromatic nitrogens is 2. The zero-order chi connectivity index (χ0) is 14.8. The number of nitrogens with zero attached hydrogens (tertiary/aromatic N) is 3. The van der Waals surface area contributed by atoms with Crippen molar-refractivity contribution in [3.05, 3.63) is 47.2 Å². The van der Waals surface area contributed by atoms with E-state index in [0.717, 1.165) is 24.3 Å². The average molecular weight is 306 g/mol. The standard InChI is InChI=1S/C15H16ClN3O2/c16-11-3-5-13(6-4-11)19-9-7-12(17-19)10-18-8-1-2-14(18)15(20)21/h3-7,9,14H,1-2,8,10H2,(H,20,21)/t14-/m1/s1. The van der Waals surface area contributed by atoms with E-state index in [1.165, 1.54) is 0 Å². The van der Waals surface area contributed by atoms with Crippen LogP contribution in [0.1, 0.15) is 18.5 Å². The lowest BCUT2D eigenvalue weighted by Gasteiger charge is -2.19. The summed E-state index contributed by atoms with van der Waals surface area (Å²) in [5, 5.41) is 14.4. The molecule has 1 aromatic carbocycles. The fraction of sp³-hybridized carbons (Fsp3) is 0.333. The maximum absolute atomic E-state index is 11.2. The van der Waals surface area contributed by atoms with E-state index >= 15 is 0 Å². The molecule has 0 saturated carbocycles. The molecule has 1 aromatic heterocycles. The summed E-state index contributed by atoms with van der Waals surface area (Å²) in [4.78, 5) is 13.2. The molecule has 1 aliphatic rings. The van der Waals surface area contributed by atoms with Crippen molar-refractivity contribution in [3.8, 4) is 5.69 Å². The van der Waals surface area contributed by atoms with Crippen molar-refractivity contribution in [2.45, 2.75) is 25.4 Å². The Labute approximate surface area is 127 Å². The number of carboxylic acids is 1. The Morgan fingerprint density at radius 2 is 2.10 bits per heavy atom. The van der Waals surface area contributed by atoms with Crippen molar-refractivity contribution in [1.29, 1.82) is 0 Å². The minimum atomic E-state index is -0.746. The van der Waals surface area contributed by atoms with E-state index in [-0.39, 0.29) is 6.04 Å². The summed E-state index contributed by atoms with van der Waals surface area (Å²) in [5.74, 6) is -0.746. The second-order valence-corrected chi connectivity index (χ2v) is 5.63. The number of rotatable bonds is 4. The first kappa shape index (κ1) is 14.1. The van der Waals surface area contributed by atoms with E-state index < -0.39 is 5.97 Å². The Morgan fingerprint density at radius 3 is 2.81 bits per heavy atom. The number of hydrogen-bond acceptors (Lipinski definition) is 3. The molecule has 0 amide bonds. The van der Waals surface area contributed by atoms with Crippen LogP contribution < -0.4 is 0 Å². The van der Waals surface area contributed by atoms with E-state index in [1.807, 2.05) is 41.4 Å². The Kier molecular flexibility index (Phi) is 3.94. The van der Waals surface area contributed by atoms with E-state index in [2.05, 4.69) is 5.10 Å². The van der Waals surface area contributed by atoms with Gasteiger partial charge in [0.2, 0.25) is 0 Å². The third-order valence-electron chi connectivity index (χ3n) is 3.75. The van der Waals surface area contributed by atoms with Gasteiger partial charge in [0.1, 0.15) is 6.04 Å². The Balaban J connectivity index is 1.73. The van der Waals surface area contributed by atoms with Crippen LogP contribution in [-0.2, 0) is 11.3 Å². The maximum atomic E-state index is 11.2. The molecule has 110 valence electrons. The highest BCUT2D eigenvalue weighted by molar-refractivity contribution is 6.30. The van der Waals surface area contributed by atoms with Crippen LogP contribution in [0, 0.1) is 0 Å². The summed E-state index contributed by atoms with van der Waals surface area (Å²) in [6.07, 6.45) is 3.52. The molecule has 0 spiro atoms. The van der Waals surface area contributed by atoms with Crippen LogP contribution in [0.3, 0.4) is 0 Å². The van der Waals surface area contributed by atoms with E-state index in [9.17, 15) is 9.90 Å². The van der Waals surface area contributed by atoms with Crippen LogP contribution in [0.2, 0.25) is 5.02 Å². The van der Waals surface area contributed by atoms with Crippen molar-refractivity contribution in [2.24, 2.45) is 0 Å². The van der Waals surface area contributed by atoms with Crippen molar-refractivity contribution in [1.82, 2.24) is 14.7 Å². The van der Waals surface area contributed by atoms with Gasteiger partial charge in [-0.2, -0.15) is 5.10 Å². The molecule has 3 rings (SSSR count). The minimum Gasteiger partial charge on any atom is -0.480 e. The number of carbonyl (C=O) groups is 1. The molecular weight excluding hydrogens is 290 g/mol. The highest BCUT2D eigenvalue weighted by atomic mass is 35.5. The number of benzene rings is 1. The van der Waals surface area contributed by atoms with Gasteiger partial charge in [0, 0.05) is 17.8 Å². The van der Waals surface area contributed by atoms with Crippen molar-refractivity contribution >= 4 is 17.6 Å². The lowest BCUT2D eigenvalue weighted by molar-refractivity contribution is -0.142. The SMILES string of the molecule is O=C(O)[C@H]1CCCN1Cc1ccn(-c2ccc(Cl)cc2)n1. The van der Waals surface area contributed by atoms with Gasteiger partial charge in [0.25, 0.3) is 0 Å². The molecule has 1 saturated heterocycles. The number of aliphatic carboxylic acids is 1. The molecule has 0 radical (unpaired) electrons. The maximum Gasteiger partial charge on any atom is 0.320 e. The zero-order valence-electron chi connectivity index (χ0n) is 11.4. The van der Waals surface area contributed by atoms with Gasteiger partial charge in [-0.1, -0.05) is 11.6 Å². The molecule has 1 aliphatic heterocycles. The van der Waals surface area contributed by atoms with Gasteiger partial charge in [0.15, 0.2) is 0 Å². The highest BCUT2D eigenvalue weighted by Crippen LogP contribution is 2.20. The van der Waals surface area contributed by atoms with Crippen LogP contribution in [0.15, 0.2) is 36.5 Å². The first-order chi connectivity index (χ1) is 10.1. The monoisotopic (exact) mass is 305 g/mol. The lowest BCUT2D eigenvalue weighted by Crippen LogP contribution is -2.35. The largest absolute Gasteiger partial charge is 0.480 e. The molecule has 1 atom stereocenters. The number of halogens is 1. The molecule has 0 unspecified atom stereocenters. The summed E-state index contributed by atoms with van der Waals surface area (Å²) < 4.78 is 1.78. The second-order valence-electron chi connectivity index (χ2n) is 5.19. The summed E-state index contributed by atoms with van der Waals surface area (Å²) in [6.45, 7) is 1.38. The minimum absolute atomic E-state index is 0.384. The van der Waals surface area contributed by atoms with Crippen molar-refractivity contribution in [2.75, 3.05) is 6.54 Å². The van der Waals surface area contributed by atoms with Gasteiger partial charge in [-0.15, -0.1) is 0 Å². The van der Waals surface area contributed by atoms with Crippen LogP contribution >= 0.6 is 11.6 Å². The summed E-state index contributed by atoms with van der Waals surface area (Å²) in [6, 6.07) is 8.97. The Morgan fingerprint density at radius 1 is 1.33 bits per heavy atom. The topological polar surface area (TPSA) is 58.4 Å². The predicted molar refractivity (Wildman–Crippen MR) is 79.6 cm³/mol. The zero-order valence-corrected chi connectivity index (χ0v) is 12.2. The smallest absolute Gasteiger partial charge is 0.320 e. The third-order valence-corrected chi connectivity index (χ3v) is 4.00. The van der Waals surface area contributed by atoms with E-state index in [1.54, 1.807) is 4.68 Å². The van der Waals surface area contributed by atoms with Gasteiger partial charge < -0.3 is 5.11 Å². The number of hydrogen-bond donors (Lipinski definition) is 1. The normalized spacial score (nSPS) is 19.0.